The van der Waals surface area contributed by atoms with E-state index in [0.29, 0.717) is 5.56 Å². The van der Waals surface area contributed by atoms with E-state index in [1.807, 2.05) is 4.90 Å². The molecule has 0 spiro atoms. The molecule has 2 aromatic heterocycles. The van der Waals surface area contributed by atoms with E-state index in [-0.39, 0.29) is 5.91 Å². The maximum atomic E-state index is 12.6. The summed E-state index contributed by atoms with van der Waals surface area (Å²) < 4.78 is 2.17. The largest absolute Gasteiger partial charge is 0.337 e. The molecule has 3 heterocycles. The number of carbonyl (C=O) groups excluding carboxylic acids is 1. The molecule has 1 aliphatic rings. The number of nitrogens with zero attached hydrogens (tertiary/aromatic N) is 5. The molecule has 0 aliphatic carbocycles. The first-order valence-electron chi connectivity index (χ1n) is 8.46. The van der Waals surface area contributed by atoms with Crippen LogP contribution < -0.4 is 0 Å². The van der Waals surface area contributed by atoms with Gasteiger partial charge in [-0.15, -0.1) is 0 Å². The number of imidazole rings is 1. The number of hydrogen-bond acceptors (Lipinski definition) is 4. The van der Waals surface area contributed by atoms with E-state index in [9.17, 15) is 4.79 Å². The maximum Gasteiger partial charge on any atom is 0.254 e. The highest BCUT2D eigenvalue weighted by molar-refractivity contribution is 5.94. The zero-order chi connectivity index (χ0) is 17.1. The molecule has 3 rings (SSSR count). The predicted molar refractivity (Wildman–Crippen MR) is 92.7 cm³/mol. The Labute approximate surface area is 143 Å². The Morgan fingerprint density at radius 3 is 2.54 bits per heavy atom. The second kappa shape index (κ2) is 7.13. The van der Waals surface area contributed by atoms with Crippen LogP contribution in [0.25, 0.3) is 0 Å². The standard InChI is InChI=1S/C18H25N5O/c1-14-15(2)21(3)17(20-14)13-22-9-4-10-23(12-11-22)18(24)16-5-7-19-8-6-16/h5-8H,4,9-13H2,1-3H3. The molecule has 0 atom stereocenters. The van der Waals surface area contributed by atoms with Gasteiger partial charge in [0.15, 0.2) is 0 Å². The highest BCUT2D eigenvalue weighted by Gasteiger charge is 2.21. The van der Waals surface area contributed by atoms with Crippen molar-refractivity contribution in [1.82, 2.24) is 24.3 Å². The van der Waals surface area contributed by atoms with Gasteiger partial charge in [0.25, 0.3) is 5.91 Å². The Morgan fingerprint density at radius 2 is 1.88 bits per heavy atom. The molecular formula is C18H25N5O. The Hall–Kier alpha value is -2.21. The average molecular weight is 327 g/mol. The SMILES string of the molecule is Cc1nc(CN2CCCN(C(=O)c3ccncc3)CC2)n(C)c1C. The fourth-order valence-corrected chi connectivity index (χ4v) is 3.14. The van der Waals surface area contributed by atoms with Crippen molar-refractivity contribution in [3.63, 3.8) is 0 Å². The number of aromatic nitrogens is 3. The molecule has 0 saturated carbocycles. The van der Waals surface area contributed by atoms with Crippen LogP contribution in [0.15, 0.2) is 24.5 Å². The summed E-state index contributed by atoms with van der Waals surface area (Å²) >= 11 is 0. The fraction of sp³-hybridized carbons (Fsp3) is 0.500. The van der Waals surface area contributed by atoms with Gasteiger partial charge >= 0.3 is 0 Å². The first kappa shape index (κ1) is 16.6. The molecule has 1 saturated heterocycles. The lowest BCUT2D eigenvalue weighted by Gasteiger charge is -2.22. The molecule has 6 nitrogen and oxygen atoms in total. The van der Waals surface area contributed by atoms with E-state index in [1.54, 1.807) is 24.5 Å². The van der Waals surface area contributed by atoms with E-state index in [0.717, 1.165) is 50.7 Å². The van der Waals surface area contributed by atoms with E-state index in [2.05, 4.69) is 40.3 Å². The van der Waals surface area contributed by atoms with Crippen LogP contribution in [0.3, 0.4) is 0 Å². The average Bonchev–Trinajstić information content (AvgIpc) is 2.78. The number of carbonyl (C=O) groups is 1. The van der Waals surface area contributed by atoms with Gasteiger partial charge in [0, 0.05) is 56.9 Å². The lowest BCUT2D eigenvalue weighted by atomic mass is 10.2. The second-order valence-corrected chi connectivity index (χ2v) is 6.42. The van der Waals surface area contributed by atoms with Gasteiger partial charge in [-0.1, -0.05) is 0 Å². The second-order valence-electron chi connectivity index (χ2n) is 6.42. The maximum absolute atomic E-state index is 12.6. The Kier molecular flexibility index (Phi) is 4.94. The number of amides is 1. The van der Waals surface area contributed by atoms with Crippen molar-refractivity contribution in [2.24, 2.45) is 7.05 Å². The molecule has 1 amide bonds. The van der Waals surface area contributed by atoms with Crippen LogP contribution in [-0.4, -0.2) is 56.4 Å². The van der Waals surface area contributed by atoms with Crippen molar-refractivity contribution in [3.8, 4) is 0 Å². The first-order chi connectivity index (χ1) is 11.6. The van der Waals surface area contributed by atoms with Crippen molar-refractivity contribution in [1.29, 1.82) is 0 Å². The molecule has 0 bridgehead atoms. The van der Waals surface area contributed by atoms with Gasteiger partial charge in [-0.2, -0.15) is 0 Å². The third-order valence-corrected chi connectivity index (χ3v) is 4.88. The number of hydrogen-bond donors (Lipinski definition) is 0. The van der Waals surface area contributed by atoms with Gasteiger partial charge in [0.1, 0.15) is 5.82 Å². The number of aryl methyl sites for hydroxylation is 1. The molecule has 0 aromatic carbocycles. The smallest absolute Gasteiger partial charge is 0.254 e. The normalized spacial score (nSPS) is 16.2. The van der Waals surface area contributed by atoms with E-state index in [4.69, 9.17) is 0 Å². The van der Waals surface area contributed by atoms with Gasteiger partial charge in [0.2, 0.25) is 0 Å². The lowest BCUT2D eigenvalue weighted by Crippen LogP contribution is -2.35. The fourth-order valence-electron chi connectivity index (χ4n) is 3.14. The third-order valence-electron chi connectivity index (χ3n) is 4.88. The minimum absolute atomic E-state index is 0.0999. The molecule has 6 heteroatoms. The minimum Gasteiger partial charge on any atom is -0.337 e. The van der Waals surface area contributed by atoms with Crippen LogP contribution in [0.4, 0.5) is 0 Å². The summed E-state index contributed by atoms with van der Waals surface area (Å²) in [4.78, 5) is 25.6. The number of pyridine rings is 1. The van der Waals surface area contributed by atoms with Crippen molar-refractivity contribution in [3.05, 3.63) is 47.3 Å². The summed E-state index contributed by atoms with van der Waals surface area (Å²) in [5.41, 5.74) is 3.03. The first-order valence-corrected chi connectivity index (χ1v) is 8.46. The van der Waals surface area contributed by atoms with Gasteiger partial charge in [-0.3, -0.25) is 14.7 Å². The van der Waals surface area contributed by atoms with Crippen molar-refractivity contribution >= 4 is 5.91 Å². The van der Waals surface area contributed by atoms with Gasteiger partial charge in [-0.25, -0.2) is 4.98 Å². The quantitative estimate of drug-likeness (QED) is 0.862. The zero-order valence-electron chi connectivity index (χ0n) is 14.7. The van der Waals surface area contributed by atoms with Gasteiger partial charge in [0.05, 0.1) is 12.2 Å². The summed E-state index contributed by atoms with van der Waals surface area (Å²) in [6, 6.07) is 3.56. The summed E-state index contributed by atoms with van der Waals surface area (Å²) in [6.07, 6.45) is 4.32. The summed E-state index contributed by atoms with van der Waals surface area (Å²) in [6.45, 7) is 8.41. The highest BCUT2D eigenvalue weighted by atomic mass is 16.2. The molecule has 0 unspecified atom stereocenters. The van der Waals surface area contributed by atoms with Gasteiger partial charge in [-0.05, 0) is 32.4 Å². The minimum atomic E-state index is 0.0999. The van der Waals surface area contributed by atoms with E-state index < -0.39 is 0 Å². The molecule has 1 fully saturated rings. The monoisotopic (exact) mass is 327 g/mol. The van der Waals surface area contributed by atoms with E-state index >= 15 is 0 Å². The molecule has 0 N–H and O–H groups in total. The topological polar surface area (TPSA) is 54.3 Å². The third kappa shape index (κ3) is 3.48. The zero-order valence-corrected chi connectivity index (χ0v) is 14.7. The lowest BCUT2D eigenvalue weighted by molar-refractivity contribution is 0.0761. The predicted octanol–water partition coefficient (Wildman–Crippen LogP) is 1.78. The molecule has 0 radical (unpaired) electrons. The van der Waals surface area contributed by atoms with Crippen LogP contribution in [0.2, 0.25) is 0 Å². The molecule has 24 heavy (non-hydrogen) atoms. The van der Waals surface area contributed by atoms with Crippen LogP contribution >= 0.6 is 0 Å². The van der Waals surface area contributed by atoms with Crippen LogP contribution in [0, 0.1) is 13.8 Å². The van der Waals surface area contributed by atoms with Gasteiger partial charge < -0.3 is 9.47 Å². The molecule has 128 valence electrons. The molecule has 1 aliphatic heterocycles. The van der Waals surface area contributed by atoms with Crippen LogP contribution in [0.1, 0.15) is 34.0 Å². The van der Waals surface area contributed by atoms with Crippen LogP contribution in [0.5, 0.6) is 0 Å². The van der Waals surface area contributed by atoms with Crippen molar-refractivity contribution in [2.75, 3.05) is 26.2 Å². The van der Waals surface area contributed by atoms with Crippen molar-refractivity contribution in [2.45, 2.75) is 26.8 Å². The Bertz CT molecular complexity index is 710. The summed E-state index contributed by atoms with van der Waals surface area (Å²) in [5, 5.41) is 0. The summed E-state index contributed by atoms with van der Waals surface area (Å²) in [7, 11) is 2.07. The van der Waals surface area contributed by atoms with Crippen molar-refractivity contribution < 1.29 is 4.79 Å². The van der Waals surface area contributed by atoms with Crippen LogP contribution in [-0.2, 0) is 13.6 Å². The Morgan fingerprint density at radius 1 is 1.12 bits per heavy atom. The number of rotatable bonds is 3. The molecular weight excluding hydrogens is 302 g/mol. The van der Waals surface area contributed by atoms with E-state index in [1.165, 1.54) is 5.69 Å². The Balaban J connectivity index is 1.63. The highest BCUT2D eigenvalue weighted by Crippen LogP contribution is 2.13. The molecule has 2 aromatic rings. The summed E-state index contributed by atoms with van der Waals surface area (Å²) in [5.74, 6) is 1.20.